The molecule has 0 saturated carbocycles. The summed E-state index contributed by atoms with van der Waals surface area (Å²) in [4.78, 5) is 22.7. The van der Waals surface area contributed by atoms with E-state index in [9.17, 15) is 14.7 Å². The topological polar surface area (TPSA) is 102 Å². The zero-order chi connectivity index (χ0) is 16.8. The third-order valence-electron chi connectivity index (χ3n) is 3.43. The van der Waals surface area contributed by atoms with E-state index < -0.39 is 29.6 Å². The summed E-state index contributed by atoms with van der Waals surface area (Å²) in [7, 11) is 1.47. The Kier molecular flexibility index (Phi) is 6.37. The molecule has 1 rings (SSSR count). The van der Waals surface area contributed by atoms with Crippen molar-refractivity contribution in [2.24, 2.45) is 11.7 Å². The Bertz CT molecular complexity index is 502. The molecule has 122 valence electrons. The molecule has 2 amide bonds. The third kappa shape index (κ3) is 5.73. The molecular formula is C16H24N2O4. The second-order valence-corrected chi connectivity index (χ2v) is 5.89. The molecule has 0 aromatic heterocycles. The summed E-state index contributed by atoms with van der Waals surface area (Å²) in [5, 5.41) is 12.7. The minimum atomic E-state index is -1.19. The number of nitrogens with two attached hydrogens (primary N) is 1. The Morgan fingerprint density at radius 2 is 1.91 bits per heavy atom. The molecule has 4 N–H and O–H groups in total. The molecule has 0 spiro atoms. The van der Waals surface area contributed by atoms with Crippen LogP contribution in [0.5, 0.6) is 0 Å². The van der Waals surface area contributed by atoms with Crippen molar-refractivity contribution in [3.8, 4) is 0 Å². The highest BCUT2D eigenvalue weighted by molar-refractivity contribution is 5.80. The zero-order valence-electron chi connectivity index (χ0n) is 13.2. The van der Waals surface area contributed by atoms with Crippen molar-refractivity contribution in [2.45, 2.75) is 38.4 Å². The molecule has 0 radical (unpaired) electrons. The summed E-state index contributed by atoms with van der Waals surface area (Å²) < 4.78 is 5.07. The van der Waals surface area contributed by atoms with Crippen molar-refractivity contribution in [1.29, 1.82) is 0 Å². The summed E-state index contributed by atoms with van der Waals surface area (Å²) in [5.74, 6) is -0.868. The number of hydrogen-bond donors (Lipinski definition) is 3. The van der Waals surface area contributed by atoms with Gasteiger partial charge in [0.15, 0.2) is 0 Å². The van der Waals surface area contributed by atoms with Crippen molar-refractivity contribution in [3.63, 3.8) is 0 Å². The number of hydrogen-bond acceptors (Lipinski definition) is 4. The van der Waals surface area contributed by atoms with Gasteiger partial charge < -0.3 is 20.9 Å². The number of aliphatic hydroxyl groups excluding tert-OH is 1. The van der Waals surface area contributed by atoms with Gasteiger partial charge in [-0.25, -0.2) is 4.79 Å². The Labute approximate surface area is 130 Å². The summed E-state index contributed by atoms with van der Waals surface area (Å²) in [6.07, 6.45) is -1.28. The lowest BCUT2D eigenvalue weighted by molar-refractivity contribution is -0.132. The Hall–Kier alpha value is -2.08. The van der Waals surface area contributed by atoms with E-state index in [0.717, 1.165) is 5.56 Å². The quantitative estimate of drug-likeness (QED) is 0.704. The van der Waals surface area contributed by atoms with Gasteiger partial charge in [0.05, 0.1) is 0 Å². The van der Waals surface area contributed by atoms with Crippen LogP contribution in [-0.2, 0) is 16.0 Å². The molecule has 1 aromatic rings. The van der Waals surface area contributed by atoms with Crippen molar-refractivity contribution < 1.29 is 19.4 Å². The molecule has 0 aliphatic rings. The van der Waals surface area contributed by atoms with Gasteiger partial charge in [-0.15, -0.1) is 0 Å². The molecule has 1 aromatic carbocycles. The minimum absolute atomic E-state index is 0.305. The van der Waals surface area contributed by atoms with Crippen LogP contribution in [0.2, 0.25) is 0 Å². The molecule has 6 heteroatoms. The summed E-state index contributed by atoms with van der Waals surface area (Å²) in [5.41, 5.74) is 5.18. The fourth-order valence-corrected chi connectivity index (χ4v) is 2.52. The van der Waals surface area contributed by atoms with Gasteiger partial charge in [-0.2, -0.15) is 0 Å². The molecule has 2 unspecified atom stereocenters. The van der Waals surface area contributed by atoms with E-state index >= 15 is 0 Å². The van der Waals surface area contributed by atoms with Crippen molar-refractivity contribution in [2.75, 3.05) is 7.05 Å². The van der Waals surface area contributed by atoms with E-state index in [1.54, 1.807) is 13.8 Å². The highest BCUT2D eigenvalue weighted by Gasteiger charge is 2.33. The van der Waals surface area contributed by atoms with Crippen LogP contribution in [0.4, 0.5) is 4.79 Å². The van der Waals surface area contributed by atoms with Crippen LogP contribution in [-0.4, -0.2) is 35.9 Å². The van der Waals surface area contributed by atoms with Gasteiger partial charge in [0.25, 0.3) is 0 Å². The van der Waals surface area contributed by atoms with E-state index in [4.69, 9.17) is 10.5 Å². The molecule has 0 fully saturated rings. The SMILES string of the molecule is CNC(=O)C(O)C(Cc1ccccc1)CC(C)(C)OC(N)=O. The number of nitrogens with one attached hydrogen (secondary N) is 1. The molecule has 0 bridgehead atoms. The number of benzene rings is 1. The molecule has 2 atom stereocenters. The van der Waals surface area contributed by atoms with Crippen LogP contribution in [0.3, 0.4) is 0 Å². The van der Waals surface area contributed by atoms with Crippen molar-refractivity contribution >= 4 is 12.0 Å². The van der Waals surface area contributed by atoms with E-state index in [1.807, 2.05) is 30.3 Å². The molecule has 0 aliphatic heterocycles. The van der Waals surface area contributed by atoms with Crippen LogP contribution in [0.1, 0.15) is 25.8 Å². The highest BCUT2D eigenvalue weighted by atomic mass is 16.6. The first kappa shape index (κ1) is 18.0. The number of carbonyl (C=O) groups is 2. The molecular weight excluding hydrogens is 284 g/mol. The smallest absolute Gasteiger partial charge is 0.405 e. The zero-order valence-corrected chi connectivity index (χ0v) is 13.2. The average molecular weight is 308 g/mol. The van der Waals surface area contributed by atoms with Crippen molar-refractivity contribution in [1.82, 2.24) is 5.32 Å². The first-order valence-corrected chi connectivity index (χ1v) is 7.17. The Morgan fingerprint density at radius 1 is 1.32 bits per heavy atom. The second-order valence-electron chi connectivity index (χ2n) is 5.89. The fourth-order valence-electron chi connectivity index (χ4n) is 2.52. The van der Waals surface area contributed by atoms with Gasteiger partial charge in [-0.05, 0) is 32.3 Å². The van der Waals surface area contributed by atoms with Gasteiger partial charge in [0.1, 0.15) is 11.7 Å². The predicted molar refractivity (Wildman–Crippen MR) is 83.1 cm³/mol. The van der Waals surface area contributed by atoms with Gasteiger partial charge in [0.2, 0.25) is 5.91 Å². The number of likely N-dealkylation sites (N-methyl/N-ethyl adjacent to an activating group) is 1. The molecule has 6 nitrogen and oxygen atoms in total. The number of ether oxygens (including phenoxy) is 1. The lowest BCUT2D eigenvalue weighted by Gasteiger charge is -2.31. The van der Waals surface area contributed by atoms with Crippen LogP contribution in [0, 0.1) is 5.92 Å². The van der Waals surface area contributed by atoms with Crippen LogP contribution in [0.25, 0.3) is 0 Å². The lowest BCUT2D eigenvalue weighted by Crippen LogP contribution is -2.43. The highest BCUT2D eigenvalue weighted by Crippen LogP contribution is 2.26. The lowest BCUT2D eigenvalue weighted by atomic mass is 9.84. The standard InChI is InChI=1S/C16H24N2O4/c1-16(2,22-15(17)21)10-12(13(19)14(20)18-3)9-11-7-5-4-6-8-11/h4-8,12-13,19H,9-10H2,1-3H3,(H2,17,21)(H,18,20). The third-order valence-corrected chi connectivity index (χ3v) is 3.43. The Balaban J connectivity index is 2.91. The van der Waals surface area contributed by atoms with Crippen molar-refractivity contribution in [3.05, 3.63) is 35.9 Å². The summed E-state index contributed by atoms with van der Waals surface area (Å²) in [6, 6.07) is 9.53. The number of amides is 2. The monoisotopic (exact) mass is 308 g/mol. The maximum Gasteiger partial charge on any atom is 0.405 e. The number of rotatable bonds is 7. The van der Waals surface area contributed by atoms with E-state index in [1.165, 1.54) is 7.05 Å². The maximum atomic E-state index is 11.8. The average Bonchev–Trinajstić information content (AvgIpc) is 2.44. The molecule has 0 heterocycles. The maximum absolute atomic E-state index is 11.8. The van der Waals surface area contributed by atoms with Crippen LogP contribution >= 0.6 is 0 Å². The molecule has 22 heavy (non-hydrogen) atoms. The van der Waals surface area contributed by atoms with Gasteiger partial charge in [0, 0.05) is 13.0 Å². The largest absolute Gasteiger partial charge is 0.444 e. The van der Waals surface area contributed by atoms with Crippen LogP contribution < -0.4 is 11.1 Å². The van der Waals surface area contributed by atoms with E-state index in [-0.39, 0.29) is 0 Å². The van der Waals surface area contributed by atoms with E-state index in [0.29, 0.717) is 12.8 Å². The first-order valence-electron chi connectivity index (χ1n) is 7.17. The van der Waals surface area contributed by atoms with Gasteiger partial charge in [-0.3, -0.25) is 4.79 Å². The minimum Gasteiger partial charge on any atom is -0.444 e. The van der Waals surface area contributed by atoms with Gasteiger partial charge in [-0.1, -0.05) is 30.3 Å². The van der Waals surface area contributed by atoms with Crippen LogP contribution in [0.15, 0.2) is 30.3 Å². The van der Waals surface area contributed by atoms with E-state index in [2.05, 4.69) is 5.32 Å². The molecule has 0 aliphatic carbocycles. The normalized spacial score (nSPS) is 14.0. The fraction of sp³-hybridized carbons (Fsp3) is 0.500. The first-order chi connectivity index (χ1) is 10.2. The second kappa shape index (κ2) is 7.79. The Morgan fingerprint density at radius 3 is 2.41 bits per heavy atom. The number of primary amides is 1. The van der Waals surface area contributed by atoms with Gasteiger partial charge >= 0.3 is 6.09 Å². The number of carbonyl (C=O) groups excluding carboxylic acids is 2. The predicted octanol–water partition coefficient (Wildman–Crippen LogP) is 1.22. The number of aliphatic hydroxyl groups is 1. The molecule has 0 saturated heterocycles. The summed E-state index contributed by atoms with van der Waals surface area (Å²) in [6.45, 7) is 3.40. The summed E-state index contributed by atoms with van der Waals surface area (Å²) >= 11 is 0.